The van der Waals surface area contributed by atoms with E-state index in [2.05, 4.69) is 0 Å². The van der Waals surface area contributed by atoms with Crippen LogP contribution in [0.1, 0.15) is 27.6 Å². The summed E-state index contributed by atoms with van der Waals surface area (Å²) in [6, 6.07) is 8.86. The van der Waals surface area contributed by atoms with Crippen molar-refractivity contribution in [3.05, 3.63) is 63.5 Å². The summed E-state index contributed by atoms with van der Waals surface area (Å²) in [6.45, 7) is 2.78. The van der Waals surface area contributed by atoms with Crippen LogP contribution in [0.4, 0.5) is 15.8 Å². The molecule has 0 aliphatic carbocycles. The van der Waals surface area contributed by atoms with Crippen LogP contribution in [0.2, 0.25) is 0 Å². The third-order valence-corrected chi connectivity index (χ3v) is 5.62. The topological polar surface area (TPSA) is 83.8 Å². The maximum Gasteiger partial charge on any atom is 0.282 e. The molecule has 1 aliphatic heterocycles. The Bertz CT molecular complexity index is 974. The van der Waals surface area contributed by atoms with Crippen molar-refractivity contribution >= 4 is 34.8 Å². The first kappa shape index (κ1) is 20.8. The first-order valence-electron chi connectivity index (χ1n) is 8.99. The fourth-order valence-corrected chi connectivity index (χ4v) is 3.72. The lowest BCUT2D eigenvalue weighted by molar-refractivity contribution is -0.385. The number of piperazine rings is 1. The Kier molecular flexibility index (Phi) is 6.17. The highest BCUT2D eigenvalue weighted by atomic mass is 32.2. The maximum atomic E-state index is 14.4. The van der Waals surface area contributed by atoms with Gasteiger partial charge in [0.2, 0.25) is 0 Å². The van der Waals surface area contributed by atoms with Crippen molar-refractivity contribution in [3.63, 3.8) is 0 Å². The number of nitrogens with zero attached hydrogens (tertiary/aromatic N) is 3. The first-order chi connectivity index (χ1) is 13.8. The summed E-state index contributed by atoms with van der Waals surface area (Å²) in [6.07, 6.45) is 1.83. The SMILES string of the molecule is CSc1ccc([N+](=O)[O-])c(C(=O)N2CCN(c3ccc(C(C)=O)cc3F)CC2)c1. The molecule has 1 amide bonds. The average Bonchev–Trinajstić information content (AvgIpc) is 2.72. The monoisotopic (exact) mass is 417 g/mol. The predicted molar refractivity (Wildman–Crippen MR) is 109 cm³/mol. The van der Waals surface area contributed by atoms with E-state index < -0.39 is 16.6 Å². The zero-order valence-electron chi connectivity index (χ0n) is 16.1. The Balaban J connectivity index is 1.75. The van der Waals surface area contributed by atoms with E-state index in [1.54, 1.807) is 28.0 Å². The molecule has 2 aromatic rings. The van der Waals surface area contributed by atoms with Gasteiger partial charge >= 0.3 is 0 Å². The lowest BCUT2D eigenvalue weighted by Gasteiger charge is -2.36. The minimum absolute atomic E-state index is 0.0623. The summed E-state index contributed by atoms with van der Waals surface area (Å²) in [5.74, 6) is -1.10. The smallest absolute Gasteiger partial charge is 0.282 e. The van der Waals surface area contributed by atoms with Crippen LogP contribution in [0.25, 0.3) is 0 Å². The van der Waals surface area contributed by atoms with Gasteiger partial charge in [-0.05, 0) is 43.5 Å². The van der Waals surface area contributed by atoms with Crippen LogP contribution < -0.4 is 4.90 Å². The van der Waals surface area contributed by atoms with Gasteiger partial charge in [-0.3, -0.25) is 19.7 Å². The van der Waals surface area contributed by atoms with Crippen molar-refractivity contribution in [2.75, 3.05) is 37.3 Å². The third-order valence-electron chi connectivity index (χ3n) is 4.89. The number of Topliss-reactive ketones (excluding diaryl/α,β-unsaturated/α-hetero) is 1. The zero-order valence-corrected chi connectivity index (χ0v) is 16.9. The number of nitro benzene ring substituents is 1. The molecule has 0 unspecified atom stereocenters. The van der Waals surface area contributed by atoms with E-state index in [1.807, 2.05) is 6.26 Å². The second-order valence-electron chi connectivity index (χ2n) is 6.64. The number of thioether (sulfide) groups is 1. The molecule has 0 atom stereocenters. The van der Waals surface area contributed by atoms with Gasteiger partial charge in [0.1, 0.15) is 11.4 Å². The Morgan fingerprint density at radius 3 is 2.34 bits per heavy atom. The van der Waals surface area contributed by atoms with Crippen molar-refractivity contribution < 1.29 is 18.9 Å². The summed E-state index contributed by atoms with van der Waals surface area (Å²) in [5, 5.41) is 11.3. The van der Waals surface area contributed by atoms with Crippen molar-refractivity contribution in [2.24, 2.45) is 0 Å². The van der Waals surface area contributed by atoms with Crippen LogP contribution in [0.5, 0.6) is 0 Å². The molecule has 1 saturated heterocycles. The van der Waals surface area contributed by atoms with Crippen LogP contribution in [0, 0.1) is 15.9 Å². The van der Waals surface area contributed by atoms with Gasteiger partial charge in [0.05, 0.1) is 10.6 Å². The number of anilines is 1. The molecule has 3 rings (SSSR count). The minimum Gasteiger partial charge on any atom is -0.366 e. The standard InChI is InChI=1S/C20H20FN3O4S/c1-13(25)14-3-5-19(17(21)11-14)22-7-9-23(10-8-22)20(26)16-12-15(29-2)4-6-18(16)24(27)28/h3-6,11-12H,7-10H2,1-2H3. The Morgan fingerprint density at radius 2 is 1.79 bits per heavy atom. The highest BCUT2D eigenvalue weighted by Gasteiger charge is 2.28. The second-order valence-corrected chi connectivity index (χ2v) is 7.52. The van der Waals surface area contributed by atoms with E-state index in [4.69, 9.17) is 0 Å². The fraction of sp³-hybridized carbons (Fsp3) is 0.300. The van der Waals surface area contributed by atoms with Gasteiger partial charge in [-0.2, -0.15) is 0 Å². The molecule has 9 heteroatoms. The number of carbonyl (C=O) groups excluding carboxylic acids is 2. The normalized spacial score (nSPS) is 14.0. The third kappa shape index (κ3) is 4.40. The number of rotatable bonds is 5. The molecule has 0 aromatic heterocycles. The van der Waals surface area contributed by atoms with Crippen molar-refractivity contribution in [2.45, 2.75) is 11.8 Å². The number of ketones is 1. The summed E-state index contributed by atoms with van der Waals surface area (Å²) < 4.78 is 14.4. The number of hydrogen-bond acceptors (Lipinski definition) is 6. The van der Waals surface area contributed by atoms with Gasteiger partial charge in [0.25, 0.3) is 11.6 Å². The molecular formula is C20H20FN3O4S. The van der Waals surface area contributed by atoms with E-state index in [-0.39, 0.29) is 17.0 Å². The second kappa shape index (κ2) is 8.60. The molecule has 1 fully saturated rings. The Morgan fingerprint density at radius 1 is 1.10 bits per heavy atom. The fourth-order valence-electron chi connectivity index (χ4n) is 3.28. The largest absolute Gasteiger partial charge is 0.366 e. The molecule has 29 heavy (non-hydrogen) atoms. The summed E-state index contributed by atoms with van der Waals surface area (Å²) in [7, 11) is 0. The zero-order chi connectivity index (χ0) is 21.1. The molecule has 0 radical (unpaired) electrons. The van der Waals surface area contributed by atoms with Gasteiger partial charge in [-0.15, -0.1) is 11.8 Å². The van der Waals surface area contributed by atoms with Gasteiger partial charge < -0.3 is 9.80 Å². The molecule has 1 heterocycles. The first-order valence-corrected chi connectivity index (χ1v) is 10.2. The predicted octanol–water partition coefficient (Wildman–Crippen LogP) is 3.62. The minimum atomic E-state index is -0.556. The number of halogens is 1. The molecule has 2 aromatic carbocycles. The molecule has 152 valence electrons. The van der Waals surface area contributed by atoms with E-state index in [0.29, 0.717) is 37.4 Å². The van der Waals surface area contributed by atoms with E-state index in [1.165, 1.54) is 36.9 Å². The van der Waals surface area contributed by atoms with Crippen LogP contribution in [0.15, 0.2) is 41.3 Å². The molecule has 0 spiro atoms. The van der Waals surface area contributed by atoms with Gasteiger partial charge in [-0.1, -0.05) is 0 Å². The molecule has 0 N–H and O–H groups in total. The number of hydrogen-bond donors (Lipinski definition) is 0. The van der Waals surface area contributed by atoms with Crippen molar-refractivity contribution in [3.8, 4) is 0 Å². The van der Waals surface area contributed by atoms with E-state index in [0.717, 1.165) is 4.90 Å². The lowest BCUT2D eigenvalue weighted by atomic mass is 10.1. The summed E-state index contributed by atoms with van der Waals surface area (Å²) >= 11 is 1.40. The molecule has 7 nitrogen and oxygen atoms in total. The quantitative estimate of drug-likeness (QED) is 0.320. The van der Waals surface area contributed by atoms with Gasteiger partial charge in [0.15, 0.2) is 5.78 Å². The lowest BCUT2D eigenvalue weighted by Crippen LogP contribution is -2.49. The number of carbonyl (C=O) groups is 2. The molecule has 1 aliphatic rings. The van der Waals surface area contributed by atoms with Crippen molar-refractivity contribution in [1.82, 2.24) is 4.90 Å². The number of benzene rings is 2. The van der Waals surface area contributed by atoms with E-state index >= 15 is 0 Å². The highest BCUT2D eigenvalue weighted by molar-refractivity contribution is 7.98. The Labute approximate surface area is 171 Å². The highest BCUT2D eigenvalue weighted by Crippen LogP contribution is 2.27. The molecular weight excluding hydrogens is 397 g/mol. The van der Waals surface area contributed by atoms with E-state index in [9.17, 15) is 24.1 Å². The van der Waals surface area contributed by atoms with Crippen molar-refractivity contribution in [1.29, 1.82) is 0 Å². The summed E-state index contributed by atoms with van der Waals surface area (Å²) in [4.78, 5) is 39.2. The van der Waals surface area contributed by atoms with Crippen LogP contribution in [0.3, 0.4) is 0 Å². The Hall–Kier alpha value is -2.94. The van der Waals surface area contributed by atoms with Crippen LogP contribution >= 0.6 is 11.8 Å². The number of nitro groups is 1. The van der Waals surface area contributed by atoms with Crippen LogP contribution in [-0.2, 0) is 0 Å². The van der Waals surface area contributed by atoms with Gasteiger partial charge in [-0.25, -0.2) is 4.39 Å². The molecule has 0 saturated carbocycles. The maximum absolute atomic E-state index is 14.4. The number of amides is 1. The molecule has 0 bridgehead atoms. The average molecular weight is 417 g/mol. The summed E-state index contributed by atoms with van der Waals surface area (Å²) in [5.41, 5.74) is 0.520. The van der Waals surface area contributed by atoms with Gasteiger partial charge in [0, 0.05) is 42.7 Å². The van der Waals surface area contributed by atoms with Crippen LogP contribution in [-0.4, -0.2) is 53.9 Å².